The summed E-state index contributed by atoms with van der Waals surface area (Å²) in [6.45, 7) is 5.86. The van der Waals surface area contributed by atoms with Crippen LogP contribution in [0.25, 0.3) is 0 Å². The highest BCUT2D eigenvalue weighted by molar-refractivity contribution is 7.44. The molecule has 0 aromatic rings. The molecular formula is C10H18O4P-. The van der Waals surface area contributed by atoms with Gasteiger partial charge in [-0.3, -0.25) is 4.57 Å². The number of hydrogen-bond acceptors (Lipinski definition) is 3. The molecule has 0 saturated heterocycles. The SMILES string of the molecule is CC(C)=CCC/C(C)=C/COP(=O)([O-])O. The smallest absolute Gasteiger partial charge is 0.265 e. The standard InChI is InChI=1S/C10H19O4P/c1-9(2)5-4-6-10(3)7-8-14-15(11,12)13/h5,7H,4,6,8H2,1-3H3,(H2,11,12,13)/p-1/b10-7+. The van der Waals surface area contributed by atoms with Gasteiger partial charge < -0.3 is 14.3 Å². The molecule has 0 heterocycles. The maximum atomic E-state index is 10.2. The van der Waals surface area contributed by atoms with E-state index in [0.717, 1.165) is 18.4 Å². The highest BCUT2D eigenvalue weighted by Crippen LogP contribution is 2.29. The molecule has 0 aliphatic rings. The molecule has 0 bridgehead atoms. The molecule has 0 saturated carbocycles. The van der Waals surface area contributed by atoms with Gasteiger partial charge in [-0.25, -0.2) is 0 Å². The largest absolute Gasteiger partial charge is 0.756 e. The van der Waals surface area contributed by atoms with Crippen molar-refractivity contribution < 1.29 is 18.9 Å². The Balaban J connectivity index is 3.80. The zero-order valence-corrected chi connectivity index (χ0v) is 10.3. The van der Waals surface area contributed by atoms with Gasteiger partial charge in [-0.05, 0) is 33.6 Å². The summed E-state index contributed by atoms with van der Waals surface area (Å²) in [6.07, 6.45) is 5.56. The van der Waals surface area contributed by atoms with E-state index in [1.54, 1.807) is 6.08 Å². The third kappa shape index (κ3) is 11.5. The fourth-order valence-corrected chi connectivity index (χ4v) is 1.23. The average molecular weight is 233 g/mol. The van der Waals surface area contributed by atoms with Gasteiger partial charge in [0.1, 0.15) is 0 Å². The van der Waals surface area contributed by atoms with Crippen molar-refractivity contribution in [1.82, 2.24) is 0 Å². The van der Waals surface area contributed by atoms with E-state index in [1.807, 2.05) is 20.8 Å². The maximum absolute atomic E-state index is 10.2. The van der Waals surface area contributed by atoms with Crippen molar-refractivity contribution in [1.29, 1.82) is 0 Å². The highest BCUT2D eigenvalue weighted by Gasteiger charge is 1.98. The van der Waals surface area contributed by atoms with Gasteiger partial charge in [-0.15, -0.1) is 0 Å². The third-order valence-corrected chi connectivity index (χ3v) is 2.24. The lowest BCUT2D eigenvalue weighted by Crippen LogP contribution is -2.03. The van der Waals surface area contributed by atoms with Crippen LogP contribution in [0.5, 0.6) is 0 Å². The fourth-order valence-electron chi connectivity index (χ4n) is 0.964. The van der Waals surface area contributed by atoms with E-state index in [0.29, 0.717) is 0 Å². The van der Waals surface area contributed by atoms with Gasteiger partial charge in [0.2, 0.25) is 0 Å². The third-order valence-electron chi connectivity index (χ3n) is 1.76. The van der Waals surface area contributed by atoms with E-state index in [4.69, 9.17) is 4.89 Å². The fraction of sp³-hybridized carbons (Fsp3) is 0.600. The van der Waals surface area contributed by atoms with E-state index in [-0.39, 0.29) is 6.61 Å². The molecule has 0 aliphatic heterocycles. The Morgan fingerprint density at radius 3 is 2.47 bits per heavy atom. The summed E-state index contributed by atoms with van der Waals surface area (Å²) in [5.74, 6) is 0. The van der Waals surface area contributed by atoms with Crippen LogP contribution in [-0.2, 0) is 9.09 Å². The minimum absolute atomic E-state index is 0.0993. The summed E-state index contributed by atoms with van der Waals surface area (Å²) < 4.78 is 14.4. The first-order chi connectivity index (χ1) is 6.81. The van der Waals surface area contributed by atoms with Crippen LogP contribution >= 0.6 is 7.82 Å². The minimum atomic E-state index is -4.57. The van der Waals surface area contributed by atoms with E-state index in [1.165, 1.54) is 5.57 Å². The van der Waals surface area contributed by atoms with Crippen molar-refractivity contribution in [2.75, 3.05) is 6.61 Å². The van der Waals surface area contributed by atoms with Crippen molar-refractivity contribution >= 4 is 7.82 Å². The topological polar surface area (TPSA) is 69.6 Å². The van der Waals surface area contributed by atoms with Gasteiger partial charge in [0.15, 0.2) is 0 Å². The Kier molecular flexibility index (Phi) is 6.77. The molecule has 1 N–H and O–H groups in total. The van der Waals surface area contributed by atoms with Gasteiger partial charge in [-0.2, -0.15) is 0 Å². The van der Waals surface area contributed by atoms with Crippen molar-refractivity contribution in [2.45, 2.75) is 33.6 Å². The number of rotatable bonds is 6. The second-order valence-corrected chi connectivity index (χ2v) is 4.83. The molecule has 0 fully saturated rings. The molecule has 0 aliphatic carbocycles. The van der Waals surface area contributed by atoms with E-state index < -0.39 is 7.82 Å². The van der Waals surface area contributed by atoms with Crippen LogP contribution in [0.2, 0.25) is 0 Å². The highest BCUT2D eigenvalue weighted by atomic mass is 31.2. The zero-order valence-electron chi connectivity index (χ0n) is 9.40. The molecule has 0 rings (SSSR count). The van der Waals surface area contributed by atoms with Gasteiger partial charge in [0, 0.05) is 0 Å². The van der Waals surface area contributed by atoms with E-state index in [2.05, 4.69) is 10.6 Å². The van der Waals surface area contributed by atoms with Crippen LogP contribution in [0.3, 0.4) is 0 Å². The van der Waals surface area contributed by atoms with E-state index >= 15 is 0 Å². The minimum Gasteiger partial charge on any atom is -0.756 e. The first kappa shape index (κ1) is 14.6. The lowest BCUT2D eigenvalue weighted by Gasteiger charge is -2.13. The normalized spacial score (nSPS) is 15.9. The second kappa shape index (κ2) is 6.96. The first-order valence-electron chi connectivity index (χ1n) is 4.78. The Hall–Kier alpha value is -0.410. The van der Waals surface area contributed by atoms with Crippen LogP contribution in [0.15, 0.2) is 23.3 Å². The average Bonchev–Trinajstić information content (AvgIpc) is 2.00. The molecule has 88 valence electrons. The maximum Gasteiger partial charge on any atom is 0.265 e. The summed E-state index contributed by atoms with van der Waals surface area (Å²) in [5, 5.41) is 0. The number of phosphoric ester groups is 1. The summed E-state index contributed by atoms with van der Waals surface area (Å²) in [7, 11) is -4.57. The van der Waals surface area contributed by atoms with Crippen molar-refractivity contribution in [3.05, 3.63) is 23.3 Å². The quantitative estimate of drug-likeness (QED) is 0.563. The summed E-state index contributed by atoms with van der Waals surface area (Å²) in [4.78, 5) is 18.6. The lowest BCUT2D eigenvalue weighted by atomic mass is 10.1. The molecule has 0 radical (unpaired) electrons. The van der Waals surface area contributed by atoms with E-state index in [9.17, 15) is 9.46 Å². The van der Waals surface area contributed by atoms with Crippen LogP contribution in [0, 0.1) is 0 Å². The Bertz CT molecular complexity index is 284. The number of allylic oxidation sites excluding steroid dienone is 3. The van der Waals surface area contributed by atoms with Gasteiger partial charge in [0.05, 0.1) is 6.61 Å². The summed E-state index contributed by atoms with van der Waals surface area (Å²) in [5.41, 5.74) is 2.31. The zero-order chi connectivity index (χ0) is 11.9. The Morgan fingerprint density at radius 2 is 2.00 bits per heavy atom. The molecule has 15 heavy (non-hydrogen) atoms. The summed E-state index contributed by atoms with van der Waals surface area (Å²) >= 11 is 0. The Labute approximate surface area is 90.9 Å². The molecule has 1 atom stereocenters. The second-order valence-electron chi connectivity index (χ2n) is 3.63. The van der Waals surface area contributed by atoms with Gasteiger partial charge in [-0.1, -0.05) is 23.3 Å². The van der Waals surface area contributed by atoms with Crippen molar-refractivity contribution in [2.24, 2.45) is 0 Å². The van der Waals surface area contributed by atoms with Crippen LogP contribution in [0.1, 0.15) is 33.6 Å². The number of phosphoric acid groups is 1. The monoisotopic (exact) mass is 233 g/mol. The summed E-state index contributed by atoms with van der Waals surface area (Å²) in [6, 6.07) is 0. The van der Waals surface area contributed by atoms with Crippen LogP contribution < -0.4 is 4.89 Å². The Morgan fingerprint density at radius 1 is 1.40 bits per heavy atom. The van der Waals surface area contributed by atoms with Crippen LogP contribution in [-0.4, -0.2) is 11.5 Å². The van der Waals surface area contributed by atoms with Crippen molar-refractivity contribution in [3.63, 3.8) is 0 Å². The molecule has 5 heteroatoms. The lowest BCUT2D eigenvalue weighted by molar-refractivity contribution is -0.218. The number of hydrogen-bond donors (Lipinski definition) is 1. The molecule has 1 unspecified atom stereocenters. The van der Waals surface area contributed by atoms with Crippen molar-refractivity contribution in [3.8, 4) is 0 Å². The molecule has 4 nitrogen and oxygen atoms in total. The van der Waals surface area contributed by atoms with Gasteiger partial charge in [0.25, 0.3) is 7.82 Å². The molecular weight excluding hydrogens is 215 g/mol. The predicted octanol–water partition coefficient (Wildman–Crippen LogP) is 2.16. The molecule has 0 spiro atoms. The first-order valence-corrected chi connectivity index (χ1v) is 6.28. The van der Waals surface area contributed by atoms with Crippen LogP contribution in [0.4, 0.5) is 0 Å². The molecule has 0 aromatic heterocycles. The molecule has 0 aromatic carbocycles. The van der Waals surface area contributed by atoms with Gasteiger partial charge >= 0.3 is 0 Å². The molecule has 0 amide bonds. The predicted molar refractivity (Wildman–Crippen MR) is 58.2 cm³/mol.